The molecular weight excluding hydrogens is 366 g/mol. The minimum Gasteiger partial charge on any atom is -0.466 e. The van der Waals surface area contributed by atoms with Crippen molar-refractivity contribution in [3.8, 4) is 17.3 Å². The van der Waals surface area contributed by atoms with Crippen LogP contribution in [0.25, 0.3) is 11.3 Å². The Kier molecular flexibility index (Phi) is 5.43. The topological polar surface area (TPSA) is 64.6 Å². The zero-order valence-corrected chi connectivity index (χ0v) is 17.5. The summed E-state index contributed by atoms with van der Waals surface area (Å²) in [7, 11) is 1.39. The molecule has 0 bridgehead atoms. The fraction of sp³-hybridized carbons (Fsp3) is 0.522. The molecule has 1 aliphatic heterocycles. The Bertz CT molecular complexity index is 877. The molecule has 0 unspecified atom stereocenters. The number of aromatic nitrogens is 2. The van der Waals surface area contributed by atoms with Crippen LogP contribution in [-0.2, 0) is 9.53 Å². The number of nitrogens with zero attached hydrogens (tertiary/aromatic N) is 3. The van der Waals surface area contributed by atoms with E-state index in [1.54, 1.807) is 0 Å². The minimum absolute atomic E-state index is 0.250. The number of piperidine rings is 1. The Morgan fingerprint density at radius 2 is 2.00 bits per heavy atom. The van der Waals surface area contributed by atoms with Gasteiger partial charge in [0, 0.05) is 37.6 Å². The lowest BCUT2D eigenvalue weighted by molar-refractivity contribution is -0.151. The SMILES string of the molecule is CC[C@H]1CCCN(c2cc(-c3ccc(C)cc3)nc(OC3(C(=O)OC)CC3)n2)C1. The molecule has 2 aliphatic rings. The number of methoxy groups -OCH3 is 1. The summed E-state index contributed by atoms with van der Waals surface area (Å²) in [4.78, 5) is 23.8. The second-order valence-corrected chi connectivity index (χ2v) is 8.21. The highest BCUT2D eigenvalue weighted by atomic mass is 16.6. The molecule has 0 N–H and O–H groups in total. The van der Waals surface area contributed by atoms with Crippen molar-refractivity contribution in [1.29, 1.82) is 0 Å². The van der Waals surface area contributed by atoms with Gasteiger partial charge in [-0.15, -0.1) is 0 Å². The zero-order valence-electron chi connectivity index (χ0n) is 17.5. The Morgan fingerprint density at radius 3 is 2.66 bits per heavy atom. The quantitative estimate of drug-likeness (QED) is 0.684. The monoisotopic (exact) mass is 395 g/mol. The van der Waals surface area contributed by atoms with E-state index < -0.39 is 5.60 Å². The molecule has 1 aliphatic carbocycles. The largest absolute Gasteiger partial charge is 0.466 e. The molecule has 29 heavy (non-hydrogen) atoms. The summed E-state index contributed by atoms with van der Waals surface area (Å²) in [6, 6.07) is 10.5. The summed E-state index contributed by atoms with van der Waals surface area (Å²) >= 11 is 0. The van der Waals surface area contributed by atoms with Crippen molar-refractivity contribution >= 4 is 11.8 Å². The molecule has 1 aromatic heterocycles. The Hall–Kier alpha value is -2.63. The van der Waals surface area contributed by atoms with Crippen LogP contribution in [0.2, 0.25) is 0 Å². The van der Waals surface area contributed by atoms with E-state index in [0.29, 0.717) is 18.8 Å². The molecule has 2 aromatic rings. The fourth-order valence-electron chi connectivity index (χ4n) is 3.92. The van der Waals surface area contributed by atoms with Gasteiger partial charge in [-0.05, 0) is 25.7 Å². The third-order valence-electron chi connectivity index (χ3n) is 6.01. The molecule has 1 saturated heterocycles. The molecule has 154 valence electrons. The molecule has 0 spiro atoms. The zero-order chi connectivity index (χ0) is 20.4. The Labute approximate surface area is 172 Å². The maximum Gasteiger partial charge on any atom is 0.350 e. The van der Waals surface area contributed by atoms with E-state index in [2.05, 4.69) is 48.0 Å². The maximum absolute atomic E-state index is 12.1. The number of benzene rings is 1. The molecule has 6 nitrogen and oxygen atoms in total. The van der Waals surface area contributed by atoms with Crippen molar-refractivity contribution in [3.05, 3.63) is 35.9 Å². The first-order valence-corrected chi connectivity index (χ1v) is 10.5. The van der Waals surface area contributed by atoms with Crippen LogP contribution in [0.4, 0.5) is 5.82 Å². The molecule has 2 fully saturated rings. The number of ether oxygens (including phenoxy) is 2. The van der Waals surface area contributed by atoms with Crippen LogP contribution in [-0.4, -0.2) is 41.7 Å². The molecule has 1 aromatic carbocycles. The summed E-state index contributed by atoms with van der Waals surface area (Å²) in [5.74, 6) is 1.19. The van der Waals surface area contributed by atoms with Gasteiger partial charge in [0.1, 0.15) is 5.82 Å². The molecule has 1 saturated carbocycles. The first kappa shape index (κ1) is 19.7. The highest BCUT2D eigenvalue weighted by Crippen LogP contribution is 2.41. The smallest absolute Gasteiger partial charge is 0.350 e. The molecular formula is C23H29N3O3. The molecule has 0 radical (unpaired) electrons. The molecule has 6 heteroatoms. The summed E-state index contributed by atoms with van der Waals surface area (Å²) in [5, 5.41) is 0. The number of carbonyl (C=O) groups is 1. The number of anilines is 1. The van der Waals surface area contributed by atoms with Crippen LogP contribution >= 0.6 is 0 Å². The van der Waals surface area contributed by atoms with E-state index in [-0.39, 0.29) is 12.0 Å². The number of hydrogen-bond donors (Lipinski definition) is 0. The second kappa shape index (κ2) is 8.01. The van der Waals surface area contributed by atoms with Gasteiger partial charge < -0.3 is 14.4 Å². The van der Waals surface area contributed by atoms with Gasteiger partial charge in [-0.3, -0.25) is 0 Å². The predicted molar refractivity (Wildman–Crippen MR) is 112 cm³/mol. The van der Waals surface area contributed by atoms with E-state index in [1.165, 1.54) is 25.5 Å². The third kappa shape index (κ3) is 4.21. The van der Waals surface area contributed by atoms with E-state index in [9.17, 15) is 4.79 Å². The molecule has 1 atom stereocenters. The predicted octanol–water partition coefficient (Wildman–Crippen LogP) is 4.16. The van der Waals surface area contributed by atoms with Crippen molar-refractivity contribution in [1.82, 2.24) is 9.97 Å². The lowest BCUT2D eigenvalue weighted by Crippen LogP contribution is -2.36. The Balaban J connectivity index is 1.69. The molecule has 4 rings (SSSR count). The van der Waals surface area contributed by atoms with Crippen molar-refractivity contribution in [2.45, 2.75) is 51.6 Å². The van der Waals surface area contributed by atoms with Crippen molar-refractivity contribution in [2.75, 3.05) is 25.1 Å². The number of rotatable bonds is 6. The maximum atomic E-state index is 12.1. The molecule has 0 amide bonds. The summed E-state index contributed by atoms with van der Waals surface area (Å²) in [6.07, 6.45) is 4.85. The lowest BCUT2D eigenvalue weighted by atomic mass is 9.95. The highest BCUT2D eigenvalue weighted by molar-refractivity contribution is 5.83. The first-order chi connectivity index (χ1) is 14.0. The summed E-state index contributed by atoms with van der Waals surface area (Å²) in [6.45, 7) is 6.27. The minimum atomic E-state index is -0.925. The van der Waals surface area contributed by atoms with Gasteiger partial charge in [0.25, 0.3) is 0 Å². The Morgan fingerprint density at radius 1 is 1.24 bits per heavy atom. The van der Waals surface area contributed by atoms with Crippen molar-refractivity contribution < 1.29 is 14.3 Å². The van der Waals surface area contributed by atoms with Gasteiger partial charge in [0.15, 0.2) is 0 Å². The normalized spacial score (nSPS) is 20.2. The summed E-state index contributed by atoms with van der Waals surface area (Å²) < 4.78 is 10.9. The van der Waals surface area contributed by atoms with E-state index in [4.69, 9.17) is 14.5 Å². The highest BCUT2D eigenvalue weighted by Gasteiger charge is 2.55. The lowest BCUT2D eigenvalue weighted by Gasteiger charge is -2.33. The van der Waals surface area contributed by atoms with Crippen LogP contribution in [0.1, 0.15) is 44.6 Å². The van der Waals surface area contributed by atoms with Crippen LogP contribution in [0.5, 0.6) is 6.01 Å². The average Bonchev–Trinajstić information content (AvgIpc) is 3.54. The van der Waals surface area contributed by atoms with Crippen molar-refractivity contribution in [2.24, 2.45) is 5.92 Å². The van der Waals surface area contributed by atoms with Crippen LogP contribution in [0.3, 0.4) is 0 Å². The number of hydrogen-bond acceptors (Lipinski definition) is 6. The van der Waals surface area contributed by atoms with Crippen LogP contribution in [0, 0.1) is 12.8 Å². The van der Waals surface area contributed by atoms with E-state index >= 15 is 0 Å². The van der Waals surface area contributed by atoms with Crippen molar-refractivity contribution in [3.63, 3.8) is 0 Å². The van der Waals surface area contributed by atoms with Crippen LogP contribution in [0.15, 0.2) is 30.3 Å². The standard InChI is InChI=1S/C23H29N3O3/c1-4-17-6-5-13-26(15-17)20-14-19(18-9-7-16(2)8-10-18)24-22(25-20)29-23(11-12-23)21(27)28-3/h7-10,14,17H,4-6,11-13,15H2,1-3H3/t17-/m0/s1. The third-order valence-corrected chi connectivity index (χ3v) is 6.01. The molecule has 2 heterocycles. The second-order valence-electron chi connectivity index (χ2n) is 8.21. The van der Waals surface area contributed by atoms with Gasteiger partial charge in [-0.1, -0.05) is 43.2 Å². The van der Waals surface area contributed by atoms with Gasteiger partial charge in [-0.25, -0.2) is 4.79 Å². The van der Waals surface area contributed by atoms with Crippen LogP contribution < -0.4 is 9.64 Å². The average molecular weight is 396 g/mol. The van der Waals surface area contributed by atoms with Gasteiger partial charge >= 0.3 is 12.0 Å². The fourth-order valence-corrected chi connectivity index (χ4v) is 3.92. The summed E-state index contributed by atoms with van der Waals surface area (Å²) in [5.41, 5.74) is 2.09. The van der Waals surface area contributed by atoms with E-state index in [1.807, 2.05) is 6.07 Å². The van der Waals surface area contributed by atoms with Gasteiger partial charge in [0.2, 0.25) is 5.60 Å². The van der Waals surface area contributed by atoms with Gasteiger partial charge in [0.05, 0.1) is 12.8 Å². The van der Waals surface area contributed by atoms with Gasteiger partial charge in [-0.2, -0.15) is 9.97 Å². The number of esters is 1. The first-order valence-electron chi connectivity index (χ1n) is 10.5. The van der Waals surface area contributed by atoms with E-state index in [0.717, 1.165) is 36.6 Å². The number of aryl methyl sites for hydroxylation is 1. The number of carbonyl (C=O) groups excluding carboxylic acids is 1.